The van der Waals surface area contributed by atoms with E-state index >= 15 is 0 Å². The lowest BCUT2D eigenvalue weighted by Crippen LogP contribution is -2.41. The Balaban J connectivity index is 1.92. The number of hydrogen-bond acceptors (Lipinski definition) is 5. The number of aliphatic hydroxyl groups is 3. The summed E-state index contributed by atoms with van der Waals surface area (Å²) in [6.45, 7) is 2.69. The molecule has 25 heavy (non-hydrogen) atoms. The monoisotopic (exact) mass is 358 g/mol. The minimum atomic E-state index is -1.05. The van der Waals surface area contributed by atoms with Crippen molar-refractivity contribution in [1.82, 2.24) is 0 Å². The van der Waals surface area contributed by atoms with Crippen LogP contribution >= 0.6 is 0 Å². The highest BCUT2D eigenvalue weighted by Gasteiger charge is 2.40. The normalized spacial score (nSPS) is 25.0. The van der Waals surface area contributed by atoms with Crippen molar-refractivity contribution in [1.29, 1.82) is 0 Å². The van der Waals surface area contributed by atoms with Gasteiger partial charge in [0.25, 0.3) is 0 Å². The Hall–Kier alpha value is -0.460. The molecule has 1 heterocycles. The molecule has 0 amide bonds. The molecule has 0 aliphatic carbocycles. The van der Waals surface area contributed by atoms with Gasteiger partial charge in [0.15, 0.2) is 0 Å². The number of unbranched alkanes of at least 4 members (excludes halogenated alkanes) is 8. The van der Waals surface area contributed by atoms with E-state index in [4.69, 9.17) is 14.6 Å². The van der Waals surface area contributed by atoms with Crippen LogP contribution in [-0.4, -0.2) is 59.6 Å². The molecule has 5 nitrogen and oxygen atoms in total. The van der Waals surface area contributed by atoms with E-state index in [9.17, 15) is 10.2 Å². The lowest BCUT2D eigenvalue weighted by molar-refractivity contribution is -0.0730. The Morgan fingerprint density at radius 2 is 1.68 bits per heavy atom. The third-order valence-corrected chi connectivity index (χ3v) is 4.72. The molecule has 5 heteroatoms. The smallest absolute Gasteiger partial charge is 0.114 e. The third kappa shape index (κ3) is 9.71. The zero-order valence-electron chi connectivity index (χ0n) is 15.8. The molecule has 0 aromatic heterocycles. The highest BCUT2D eigenvalue weighted by molar-refractivity contribution is 4.88. The van der Waals surface area contributed by atoms with E-state index in [1.54, 1.807) is 0 Å². The van der Waals surface area contributed by atoms with Crippen molar-refractivity contribution >= 4 is 0 Å². The van der Waals surface area contributed by atoms with Gasteiger partial charge in [0.05, 0.1) is 13.2 Å². The maximum absolute atomic E-state index is 10.0. The van der Waals surface area contributed by atoms with Crippen LogP contribution in [0.3, 0.4) is 0 Å². The van der Waals surface area contributed by atoms with Gasteiger partial charge in [-0.05, 0) is 32.1 Å². The van der Waals surface area contributed by atoms with Gasteiger partial charge in [-0.3, -0.25) is 0 Å². The molecule has 3 N–H and O–H groups in total. The quantitative estimate of drug-likeness (QED) is 0.310. The highest BCUT2D eigenvalue weighted by atomic mass is 16.6. The standard InChI is InChI=1S/C20H38O5/c1-2-3-4-5-6-7-8-9-10-11-12-13-14-24-18-16-25-20(19(18)23)17(22)15-21/h8-9,17-23H,2-7,10-16H2,1H3/b9-8+/t17-,18+,19+,20+/m0/s1. The third-order valence-electron chi connectivity index (χ3n) is 4.72. The van der Waals surface area contributed by atoms with Gasteiger partial charge < -0.3 is 24.8 Å². The van der Waals surface area contributed by atoms with E-state index in [2.05, 4.69) is 19.1 Å². The number of rotatable bonds is 15. The van der Waals surface area contributed by atoms with Crippen LogP contribution in [0.4, 0.5) is 0 Å². The van der Waals surface area contributed by atoms with Gasteiger partial charge in [-0.15, -0.1) is 0 Å². The average Bonchev–Trinajstić information content (AvgIpc) is 2.99. The topological polar surface area (TPSA) is 79.2 Å². The van der Waals surface area contributed by atoms with Crippen molar-refractivity contribution in [2.24, 2.45) is 0 Å². The SMILES string of the molecule is CCCCCCC/C=C/CCCCCO[C@@H]1CO[C@H]([C@@H](O)CO)[C@@H]1O. The van der Waals surface area contributed by atoms with Crippen molar-refractivity contribution in [2.75, 3.05) is 19.8 Å². The van der Waals surface area contributed by atoms with E-state index in [0.29, 0.717) is 6.61 Å². The second kappa shape index (κ2) is 14.7. The van der Waals surface area contributed by atoms with E-state index in [1.807, 2.05) is 0 Å². The summed E-state index contributed by atoms with van der Waals surface area (Å²) in [6, 6.07) is 0. The fraction of sp³-hybridized carbons (Fsp3) is 0.900. The van der Waals surface area contributed by atoms with Crippen LogP contribution in [0.15, 0.2) is 12.2 Å². The van der Waals surface area contributed by atoms with Crippen LogP contribution in [0.5, 0.6) is 0 Å². The molecular formula is C20H38O5. The van der Waals surface area contributed by atoms with Crippen LogP contribution < -0.4 is 0 Å². The Morgan fingerprint density at radius 1 is 1.04 bits per heavy atom. The Labute approximate surface area is 153 Å². The second-order valence-electron chi connectivity index (χ2n) is 6.97. The molecule has 0 spiro atoms. The number of hydrogen-bond donors (Lipinski definition) is 3. The molecular weight excluding hydrogens is 320 g/mol. The maximum atomic E-state index is 10.0. The summed E-state index contributed by atoms with van der Waals surface area (Å²) >= 11 is 0. The van der Waals surface area contributed by atoms with Crippen LogP contribution in [0.25, 0.3) is 0 Å². The highest BCUT2D eigenvalue weighted by Crippen LogP contribution is 2.20. The number of ether oxygens (including phenoxy) is 2. The van der Waals surface area contributed by atoms with Gasteiger partial charge in [-0.1, -0.05) is 51.2 Å². The summed E-state index contributed by atoms with van der Waals surface area (Å²) in [6.07, 6.45) is 13.7. The molecule has 0 aromatic rings. The molecule has 0 saturated carbocycles. The van der Waals surface area contributed by atoms with Gasteiger partial charge in [-0.25, -0.2) is 0 Å². The maximum Gasteiger partial charge on any atom is 0.114 e. The fourth-order valence-corrected chi connectivity index (χ4v) is 3.08. The Bertz CT molecular complexity index is 334. The first kappa shape index (κ1) is 22.6. The molecule has 0 unspecified atom stereocenters. The zero-order chi connectivity index (χ0) is 18.3. The zero-order valence-corrected chi connectivity index (χ0v) is 15.8. The van der Waals surface area contributed by atoms with Crippen LogP contribution in [0.1, 0.15) is 71.1 Å². The molecule has 0 bridgehead atoms. The fourth-order valence-electron chi connectivity index (χ4n) is 3.08. The van der Waals surface area contributed by atoms with Gasteiger partial charge in [-0.2, -0.15) is 0 Å². The summed E-state index contributed by atoms with van der Waals surface area (Å²) in [5.41, 5.74) is 0. The minimum absolute atomic E-state index is 0.268. The van der Waals surface area contributed by atoms with Crippen molar-refractivity contribution < 1.29 is 24.8 Å². The van der Waals surface area contributed by atoms with Crippen LogP contribution in [0.2, 0.25) is 0 Å². The van der Waals surface area contributed by atoms with Crippen molar-refractivity contribution in [3.63, 3.8) is 0 Å². The largest absolute Gasteiger partial charge is 0.394 e. The molecule has 1 aliphatic heterocycles. The lowest BCUT2D eigenvalue weighted by Gasteiger charge is -2.20. The van der Waals surface area contributed by atoms with Crippen molar-refractivity contribution in [2.45, 2.75) is 95.5 Å². The van der Waals surface area contributed by atoms with Gasteiger partial charge in [0.1, 0.15) is 24.4 Å². The first-order valence-corrected chi connectivity index (χ1v) is 10.1. The summed E-state index contributed by atoms with van der Waals surface area (Å²) in [7, 11) is 0. The van der Waals surface area contributed by atoms with Crippen LogP contribution in [0, 0.1) is 0 Å². The predicted molar refractivity (Wildman–Crippen MR) is 99.6 cm³/mol. The molecule has 1 rings (SSSR count). The van der Waals surface area contributed by atoms with E-state index in [1.165, 1.54) is 38.5 Å². The molecule has 1 fully saturated rings. The number of allylic oxidation sites excluding steroid dienone is 2. The van der Waals surface area contributed by atoms with Crippen LogP contribution in [-0.2, 0) is 9.47 Å². The summed E-state index contributed by atoms with van der Waals surface area (Å²) < 4.78 is 10.9. The van der Waals surface area contributed by atoms with Crippen molar-refractivity contribution in [3.05, 3.63) is 12.2 Å². The van der Waals surface area contributed by atoms with Crippen molar-refractivity contribution in [3.8, 4) is 0 Å². The first-order valence-electron chi connectivity index (χ1n) is 10.1. The average molecular weight is 359 g/mol. The van der Waals surface area contributed by atoms with E-state index in [0.717, 1.165) is 25.7 Å². The summed E-state index contributed by atoms with van der Waals surface area (Å²) in [4.78, 5) is 0. The molecule has 148 valence electrons. The second-order valence-corrected chi connectivity index (χ2v) is 6.97. The molecule has 1 aliphatic rings. The van der Waals surface area contributed by atoms with E-state index < -0.39 is 31.0 Å². The Morgan fingerprint density at radius 3 is 2.32 bits per heavy atom. The molecule has 1 saturated heterocycles. The lowest BCUT2D eigenvalue weighted by atomic mass is 10.1. The summed E-state index contributed by atoms with van der Waals surface area (Å²) in [5.74, 6) is 0. The molecule has 4 atom stereocenters. The Kier molecular flexibility index (Phi) is 13.3. The molecule has 0 aromatic carbocycles. The van der Waals surface area contributed by atoms with Gasteiger partial charge in [0, 0.05) is 6.61 Å². The number of aliphatic hydroxyl groups excluding tert-OH is 3. The summed E-state index contributed by atoms with van der Waals surface area (Å²) in [5, 5.41) is 28.5. The predicted octanol–water partition coefficient (Wildman–Crippen LogP) is 2.96. The van der Waals surface area contributed by atoms with Gasteiger partial charge in [0.2, 0.25) is 0 Å². The minimum Gasteiger partial charge on any atom is -0.394 e. The van der Waals surface area contributed by atoms with Gasteiger partial charge >= 0.3 is 0 Å². The van der Waals surface area contributed by atoms with E-state index in [-0.39, 0.29) is 6.61 Å². The first-order chi connectivity index (χ1) is 12.2. The molecule has 0 radical (unpaired) electrons.